The molecule has 0 amide bonds. The average molecular weight is 225 g/mol. The molecule has 0 atom stereocenters. The van der Waals surface area contributed by atoms with E-state index in [4.69, 9.17) is 15.2 Å². The molecule has 1 aliphatic rings. The predicted molar refractivity (Wildman–Crippen MR) is 56.6 cm³/mol. The Kier molecular flexibility index (Phi) is 3.40. The van der Waals surface area contributed by atoms with Gasteiger partial charge in [0, 0.05) is 19.0 Å². The number of nitrogens with two attached hydrogens (primary N) is 1. The number of carbonyl (C=O) groups excluding carboxylic acids is 1. The maximum Gasteiger partial charge on any atom is 0.328 e. The van der Waals surface area contributed by atoms with Crippen LogP contribution in [0.5, 0.6) is 0 Å². The van der Waals surface area contributed by atoms with E-state index in [0.29, 0.717) is 18.9 Å². The van der Waals surface area contributed by atoms with Crippen molar-refractivity contribution in [1.82, 2.24) is 9.78 Å². The normalized spacial score (nSPS) is 17.2. The molecule has 6 nitrogen and oxygen atoms in total. The van der Waals surface area contributed by atoms with Crippen molar-refractivity contribution in [3.8, 4) is 0 Å². The quantitative estimate of drug-likeness (QED) is 0.743. The van der Waals surface area contributed by atoms with Crippen molar-refractivity contribution >= 4 is 11.7 Å². The second-order valence-corrected chi connectivity index (χ2v) is 3.77. The van der Waals surface area contributed by atoms with Crippen LogP contribution in [0.3, 0.4) is 0 Å². The van der Waals surface area contributed by atoms with E-state index in [-0.39, 0.29) is 18.6 Å². The monoisotopic (exact) mass is 225 g/mol. The highest BCUT2D eigenvalue weighted by molar-refractivity contribution is 5.69. The third kappa shape index (κ3) is 2.96. The molecule has 2 rings (SSSR count). The fraction of sp³-hybridized carbons (Fsp3) is 0.600. The van der Waals surface area contributed by atoms with Crippen molar-refractivity contribution in [2.45, 2.75) is 25.5 Å². The van der Waals surface area contributed by atoms with Crippen molar-refractivity contribution in [3.63, 3.8) is 0 Å². The van der Waals surface area contributed by atoms with Crippen LogP contribution < -0.4 is 5.73 Å². The summed E-state index contributed by atoms with van der Waals surface area (Å²) in [6.45, 7) is 1.42. The number of rotatable bonds is 3. The molecule has 88 valence electrons. The largest absolute Gasteiger partial charge is 0.461 e. The molecule has 16 heavy (non-hydrogen) atoms. The van der Waals surface area contributed by atoms with Gasteiger partial charge in [-0.1, -0.05) is 0 Å². The number of ether oxygens (including phenoxy) is 2. The van der Waals surface area contributed by atoms with Crippen LogP contribution in [0.4, 0.5) is 5.69 Å². The van der Waals surface area contributed by atoms with Gasteiger partial charge in [-0.25, -0.2) is 0 Å². The fourth-order valence-corrected chi connectivity index (χ4v) is 1.62. The van der Waals surface area contributed by atoms with Crippen molar-refractivity contribution in [2.24, 2.45) is 0 Å². The molecule has 1 aromatic rings. The second-order valence-electron chi connectivity index (χ2n) is 3.77. The Morgan fingerprint density at radius 1 is 1.62 bits per heavy atom. The smallest absolute Gasteiger partial charge is 0.328 e. The molecule has 0 aromatic carbocycles. The number of hydrogen-bond donors (Lipinski definition) is 1. The van der Waals surface area contributed by atoms with E-state index in [2.05, 4.69) is 5.10 Å². The molecule has 1 fully saturated rings. The van der Waals surface area contributed by atoms with Crippen molar-refractivity contribution in [1.29, 1.82) is 0 Å². The zero-order chi connectivity index (χ0) is 11.4. The van der Waals surface area contributed by atoms with Gasteiger partial charge in [-0.05, 0) is 0 Å². The number of nitrogens with zero attached hydrogens (tertiary/aromatic N) is 2. The van der Waals surface area contributed by atoms with E-state index in [1.807, 2.05) is 0 Å². The van der Waals surface area contributed by atoms with Gasteiger partial charge in [0.05, 0.1) is 25.1 Å². The van der Waals surface area contributed by atoms with Gasteiger partial charge < -0.3 is 15.2 Å². The lowest BCUT2D eigenvalue weighted by Gasteiger charge is -2.22. The van der Waals surface area contributed by atoms with E-state index >= 15 is 0 Å². The highest BCUT2D eigenvalue weighted by Gasteiger charge is 2.18. The number of aromatic nitrogens is 2. The maximum absolute atomic E-state index is 11.5. The number of nitrogen functional groups attached to an aromatic ring is 1. The van der Waals surface area contributed by atoms with Gasteiger partial charge >= 0.3 is 5.97 Å². The number of anilines is 1. The Morgan fingerprint density at radius 2 is 2.38 bits per heavy atom. The first-order chi connectivity index (χ1) is 7.74. The first-order valence-electron chi connectivity index (χ1n) is 5.29. The molecule has 2 N–H and O–H groups in total. The topological polar surface area (TPSA) is 79.4 Å². The summed E-state index contributed by atoms with van der Waals surface area (Å²) in [5.41, 5.74) is 6.03. The lowest BCUT2D eigenvalue weighted by Crippen LogP contribution is -2.27. The lowest BCUT2D eigenvalue weighted by atomic mass is 10.1. The Hall–Kier alpha value is -1.56. The third-order valence-electron chi connectivity index (χ3n) is 2.41. The maximum atomic E-state index is 11.5. The van der Waals surface area contributed by atoms with Crippen LogP contribution in [-0.2, 0) is 20.8 Å². The first kappa shape index (κ1) is 10.9. The van der Waals surface area contributed by atoms with E-state index in [9.17, 15) is 4.79 Å². The molecule has 2 heterocycles. The van der Waals surface area contributed by atoms with Gasteiger partial charge in [0.2, 0.25) is 0 Å². The summed E-state index contributed by atoms with van der Waals surface area (Å²) in [5.74, 6) is -0.282. The summed E-state index contributed by atoms with van der Waals surface area (Å²) in [6, 6.07) is 0. The van der Waals surface area contributed by atoms with Gasteiger partial charge in [0.1, 0.15) is 12.6 Å². The predicted octanol–water partition coefficient (Wildman–Crippen LogP) is 0.187. The van der Waals surface area contributed by atoms with Crippen LogP contribution in [0.25, 0.3) is 0 Å². The molecule has 1 saturated heterocycles. The van der Waals surface area contributed by atoms with E-state index in [0.717, 1.165) is 12.8 Å². The minimum Gasteiger partial charge on any atom is -0.461 e. The molecule has 0 bridgehead atoms. The highest BCUT2D eigenvalue weighted by Crippen LogP contribution is 2.11. The lowest BCUT2D eigenvalue weighted by molar-refractivity contribution is -0.154. The molecule has 0 radical (unpaired) electrons. The third-order valence-corrected chi connectivity index (χ3v) is 2.41. The molecule has 1 aliphatic heterocycles. The molecular formula is C10H15N3O3. The van der Waals surface area contributed by atoms with Crippen LogP contribution in [0.15, 0.2) is 12.4 Å². The Morgan fingerprint density at radius 3 is 3.00 bits per heavy atom. The number of hydrogen-bond acceptors (Lipinski definition) is 5. The number of esters is 1. The van der Waals surface area contributed by atoms with Crippen LogP contribution in [0.2, 0.25) is 0 Å². The standard InChI is InChI=1S/C10H15N3O3/c11-8-5-12-13(6-8)7-10(14)16-9-1-3-15-4-2-9/h5-6,9H,1-4,7,11H2. The van der Waals surface area contributed by atoms with Crippen LogP contribution in [-0.4, -0.2) is 35.1 Å². The summed E-state index contributed by atoms with van der Waals surface area (Å²) in [7, 11) is 0. The van der Waals surface area contributed by atoms with Crippen molar-refractivity contribution in [3.05, 3.63) is 12.4 Å². The van der Waals surface area contributed by atoms with Gasteiger partial charge in [-0.2, -0.15) is 5.10 Å². The molecule has 0 saturated carbocycles. The molecule has 0 unspecified atom stereocenters. The highest BCUT2D eigenvalue weighted by atomic mass is 16.6. The average Bonchev–Trinajstić information content (AvgIpc) is 2.65. The molecular weight excluding hydrogens is 210 g/mol. The second kappa shape index (κ2) is 4.98. The summed E-state index contributed by atoms with van der Waals surface area (Å²) in [5, 5.41) is 3.91. The molecule has 6 heteroatoms. The van der Waals surface area contributed by atoms with E-state index < -0.39 is 0 Å². The first-order valence-corrected chi connectivity index (χ1v) is 5.29. The Labute approximate surface area is 93.3 Å². The van der Waals surface area contributed by atoms with Gasteiger partial charge in [0.25, 0.3) is 0 Å². The Balaban J connectivity index is 1.79. The van der Waals surface area contributed by atoms with Gasteiger partial charge in [-0.15, -0.1) is 0 Å². The number of carbonyl (C=O) groups is 1. The van der Waals surface area contributed by atoms with Gasteiger partial charge in [-0.3, -0.25) is 9.48 Å². The van der Waals surface area contributed by atoms with Crippen molar-refractivity contribution < 1.29 is 14.3 Å². The summed E-state index contributed by atoms with van der Waals surface area (Å²) in [4.78, 5) is 11.5. The van der Waals surface area contributed by atoms with Gasteiger partial charge in [0.15, 0.2) is 0 Å². The van der Waals surface area contributed by atoms with Crippen LogP contribution >= 0.6 is 0 Å². The van der Waals surface area contributed by atoms with E-state index in [1.54, 1.807) is 6.20 Å². The summed E-state index contributed by atoms with van der Waals surface area (Å²) < 4.78 is 11.9. The summed E-state index contributed by atoms with van der Waals surface area (Å²) in [6.07, 6.45) is 4.63. The zero-order valence-electron chi connectivity index (χ0n) is 8.96. The molecule has 0 aliphatic carbocycles. The minimum absolute atomic E-state index is 0.0193. The van der Waals surface area contributed by atoms with Crippen LogP contribution in [0, 0.1) is 0 Å². The minimum atomic E-state index is -0.282. The SMILES string of the molecule is Nc1cnn(CC(=O)OC2CCOCC2)c1. The zero-order valence-corrected chi connectivity index (χ0v) is 8.96. The van der Waals surface area contributed by atoms with E-state index in [1.165, 1.54) is 10.9 Å². The fourth-order valence-electron chi connectivity index (χ4n) is 1.62. The van der Waals surface area contributed by atoms with Crippen molar-refractivity contribution in [2.75, 3.05) is 18.9 Å². The Bertz CT molecular complexity index is 358. The molecule has 0 spiro atoms. The molecule has 1 aromatic heterocycles. The summed E-state index contributed by atoms with van der Waals surface area (Å²) >= 11 is 0. The van der Waals surface area contributed by atoms with Crippen LogP contribution in [0.1, 0.15) is 12.8 Å².